The van der Waals surface area contributed by atoms with Gasteiger partial charge in [0.25, 0.3) is 0 Å². The molecule has 0 aromatic carbocycles. The Morgan fingerprint density at radius 3 is 2.39 bits per heavy atom. The molecule has 23 heavy (non-hydrogen) atoms. The van der Waals surface area contributed by atoms with Crippen LogP contribution in [-0.4, -0.2) is 16.5 Å². The van der Waals surface area contributed by atoms with Gasteiger partial charge in [-0.15, -0.1) is 0 Å². The summed E-state index contributed by atoms with van der Waals surface area (Å²) in [4.78, 5) is 12.2. The van der Waals surface area contributed by atoms with Crippen LogP contribution < -0.4 is 0 Å². The van der Waals surface area contributed by atoms with Gasteiger partial charge in [-0.1, -0.05) is 19.4 Å². The molecule has 6 unspecified atom stereocenters. The van der Waals surface area contributed by atoms with Gasteiger partial charge in [-0.25, -0.2) is 0 Å². The number of fused-ring (bicyclic) bond motifs is 5. The zero-order chi connectivity index (χ0) is 16.6. The Kier molecular flexibility index (Phi) is 3.25. The molecule has 0 aromatic rings. The number of rotatable bonds is 0. The summed E-state index contributed by atoms with van der Waals surface area (Å²) in [5.74, 6) is 2.53. The second-order valence-electron chi connectivity index (χ2n) is 9.63. The summed E-state index contributed by atoms with van der Waals surface area (Å²) in [6.07, 6.45) is 8.69. The van der Waals surface area contributed by atoms with Crippen LogP contribution in [0.25, 0.3) is 0 Å². The van der Waals surface area contributed by atoms with E-state index in [9.17, 15) is 9.90 Å². The molecule has 0 spiro atoms. The molecule has 2 nitrogen and oxygen atoms in total. The first kappa shape index (κ1) is 15.9. The normalized spacial score (nSPS) is 52.9. The standard InChI is InChI=1S/C21H32O2/c1-13-15-6-5-14-16(19(15,2)10-9-18(13)22)7-11-20(3)17(14)8-12-21(20,4)23/h14,16-17,23H,5-12H2,1-4H3. The lowest BCUT2D eigenvalue weighted by atomic mass is 9.46. The number of ketones is 1. The molecule has 128 valence electrons. The van der Waals surface area contributed by atoms with E-state index in [-0.39, 0.29) is 10.8 Å². The van der Waals surface area contributed by atoms with E-state index in [4.69, 9.17) is 0 Å². The van der Waals surface area contributed by atoms with Gasteiger partial charge in [0.1, 0.15) is 0 Å². The van der Waals surface area contributed by atoms with Crippen LogP contribution in [0.4, 0.5) is 0 Å². The smallest absolute Gasteiger partial charge is 0.158 e. The van der Waals surface area contributed by atoms with E-state index in [1.807, 2.05) is 0 Å². The number of hydrogen-bond acceptors (Lipinski definition) is 2. The first-order valence-electron chi connectivity index (χ1n) is 9.66. The van der Waals surface area contributed by atoms with Gasteiger partial charge in [0.15, 0.2) is 5.78 Å². The first-order valence-corrected chi connectivity index (χ1v) is 9.66. The SMILES string of the molecule is CC1=C2CCC3C(CCC4(C)C3CCC4(C)O)C2(C)CCC1=O. The summed E-state index contributed by atoms with van der Waals surface area (Å²) in [5.41, 5.74) is 2.44. The molecule has 3 saturated carbocycles. The number of carbonyl (C=O) groups is 1. The van der Waals surface area contributed by atoms with E-state index in [1.54, 1.807) is 0 Å². The molecule has 4 rings (SSSR count). The third-order valence-electron chi connectivity index (χ3n) is 8.98. The Balaban J connectivity index is 1.72. The van der Waals surface area contributed by atoms with Crippen LogP contribution in [0.15, 0.2) is 11.1 Å². The molecule has 1 N–H and O–H groups in total. The fourth-order valence-electron chi connectivity index (χ4n) is 7.23. The summed E-state index contributed by atoms with van der Waals surface area (Å²) in [5, 5.41) is 11.0. The van der Waals surface area contributed by atoms with Gasteiger partial charge >= 0.3 is 0 Å². The third kappa shape index (κ3) is 1.88. The van der Waals surface area contributed by atoms with Crippen molar-refractivity contribution in [2.75, 3.05) is 0 Å². The van der Waals surface area contributed by atoms with E-state index >= 15 is 0 Å². The molecular weight excluding hydrogens is 284 g/mol. The average molecular weight is 316 g/mol. The maximum Gasteiger partial charge on any atom is 0.158 e. The maximum absolute atomic E-state index is 12.2. The quantitative estimate of drug-likeness (QED) is 0.706. The minimum absolute atomic E-state index is 0.102. The highest BCUT2D eigenvalue weighted by Gasteiger charge is 2.62. The lowest BCUT2D eigenvalue weighted by Crippen LogP contribution is -2.54. The first-order chi connectivity index (χ1) is 10.7. The topological polar surface area (TPSA) is 37.3 Å². The van der Waals surface area contributed by atoms with Crippen LogP contribution >= 0.6 is 0 Å². The van der Waals surface area contributed by atoms with Gasteiger partial charge in [-0.2, -0.15) is 0 Å². The van der Waals surface area contributed by atoms with Crippen molar-refractivity contribution in [1.29, 1.82) is 0 Å². The second-order valence-corrected chi connectivity index (χ2v) is 9.63. The summed E-state index contributed by atoms with van der Waals surface area (Å²) < 4.78 is 0. The molecule has 0 aromatic heterocycles. The minimum Gasteiger partial charge on any atom is -0.390 e. The lowest BCUT2D eigenvalue weighted by molar-refractivity contribution is -0.125. The van der Waals surface area contributed by atoms with Crippen LogP contribution in [0.2, 0.25) is 0 Å². The molecule has 0 amide bonds. The fraction of sp³-hybridized carbons (Fsp3) is 0.857. The van der Waals surface area contributed by atoms with Crippen LogP contribution in [0.1, 0.15) is 79.1 Å². The Morgan fingerprint density at radius 1 is 0.957 bits per heavy atom. The Labute approximate surface area is 140 Å². The van der Waals surface area contributed by atoms with Gasteiger partial charge < -0.3 is 5.11 Å². The van der Waals surface area contributed by atoms with Crippen molar-refractivity contribution in [2.45, 2.75) is 84.7 Å². The number of aliphatic hydroxyl groups is 1. The van der Waals surface area contributed by atoms with Crippen molar-refractivity contribution in [3.8, 4) is 0 Å². The summed E-state index contributed by atoms with van der Waals surface area (Å²) in [6.45, 7) is 8.95. The van der Waals surface area contributed by atoms with Crippen molar-refractivity contribution in [2.24, 2.45) is 28.6 Å². The van der Waals surface area contributed by atoms with Crippen LogP contribution in [0.5, 0.6) is 0 Å². The van der Waals surface area contributed by atoms with Crippen molar-refractivity contribution >= 4 is 5.78 Å². The number of carbonyl (C=O) groups excluding carboxylic acids is 1. The van der Waals surface area contributed by atoms with Crippen molar-refractivity contribution in [3.05, 3.63) is 11.1 Å². The highest BCUT2D eigenvalue weighted by atomic mass is 16.3. The van der Waals surface area contributed by atoms with E-state index in [1.165, 1.54) is 24.8 Å². The monoisotopic (exact) mass is 316 g/mol. The van der Waals surface area contributed by atoms with Crippen molar-refractivity contribution in [1.82, 2.24) is 0 Å². The fourth-order valence-corrected chi connectivity index (χ4v) is 7.23. The maximum atomic E-state index is 12.2. The summed E-state index contributed by atoms with van der Waals surface area (Å²) in [7, 11) is 0. The van der Waals surface area contributed by atoms with Gasteiger partial charge in [-0.3, -0.25) is 4.79 Å². The molecular formula is C21H32O2. The molecule has 4 aliphatic rings. The van der Waals surface area contributed by atoms with E-state index in [2.05, 4.69) is 27.7 Å². The lowest BCUT2D eigenvalue weighted by Gasteiger charge is -2.59. The average Bonchev–Trinajstić information content (AvgIpc) is 2.74. The molecule has 2 heteroatoms. The van der Waals surface area contributed by atoms with E-state index in [0.29, 0.717) is 11.7 Å². The van der Waals surface area contributed by atoms with E-state index in [0.717, 1.165) is 49.5 Å². The molecule has 0 aliphatic heterocycles. The van der Waals surface area contributed by atoms with Gasteiger partial charge in [0.2, 0.25) is 0 Å². The molecule has 0 radical (unpaired) electrons. The largest absolute Gasteiger partial charge is 0.390 e. The zero-order valence-corrected chi connectivity index (χ0v) is 15.2. The molecule has 0 bridgehead atoms. The van der Waals surface area contributed by atoms with Crippen LogP contribution in [0.3, 0.4) is 0 Å². The van der Waals surface area contributed by atoms with Crippen molar-refractivity contribution < 1.29 is 9.90 Å². The van der Waals surface area contributed by atoms with Gasteiger partial charge in [0, 0.05) is 6.42 Å². The summed E-state index contributed by atoms with van der Waals surface area (Å²) >= 11 is 0. The number of hydrogen-bond donors (Lipinski definition) is 1. The predicted octanol–water partition coefficient (Wildman–Crippen LogP) is 4.66. The molecule has 4 aliphatic carbocycles. The second kappa shape index (κ2) is 4.71. The number of Topliss-reactive ketones (excluding diaryl/α,β-unsaturated/α-hetero) is 1. The molecule has 0 heterocycles. The Morgan fingerprint density at radius 2 is 1.65 bits per heavy atom. The summed E-state index contributed by atoms with van der Waals surface area (Å²) in [6, 6.07) is 0. The van der Waals surface area contributed by atoms with Gasteiger partial charge in [0.05, 0.1) is 5.60 Å². The minimum atomic E-state index is -0.488. The highest BCUT2D eigenvalue weighted by molar-refractivity contribution is 5.96. The Bertz CT molecular complexity index is 587. The Hall–Kier alpha value is -0.630. The third-order valence-corrected chi connectivity index (χ3v) is 8.98. The highest BCUT2D eigenvalue weighted by Crippen LogP contribution is 2.67. The van der Waals surface area contributed by atoms with Crippen molar-refractivity contribution in [3.63, 3.8) is 0 Å². The predicted molar refractivity (Wildman–Crippen MR) is 92.0 cm³/mol. The molecule has 0 saturated heterocycles. The molecule has 6 atom stereocenters. The van der Waals surface area contributed by atoms with Crippen LogP contribution in [-0.2, 0) is 4.79 Å². The molecule has 3 fully saturated rings. The van der Waals surface area contributed by atoms with Crippen LogP contribution in [0, 0.1) is 28.6 Å². The van der Waals surface area contributed by atoms with Gasteiger partial charge in [-0.05, 0) is 93.0 Å². The zero-order valence-electron chi connectivity index (χ0n) is 15.2. The number of allylic oxidation sites excluding steroid dienone is 1. The van der Waals surface area contributed by atoms with E-state index < -0.39 is 5.60 Å².